The molecule has 2 atom stereocenters. The summed E-state index contributed by atoms with van der Waals surface area (Å²) >= 11 is 0. The van der Waals surface area contributed by atoms with Gasteiger partial charge in [-0.2, -0.15) is 0 Å². The summed E-state index contributed by atoms with van der Waals surface area (Å²) in [7, 11) is 0. The van der Waals surface area contributed by atoms with Crippen LogP contribution in [0, 0.1) is 6.92 Å². The third-order valence-corrected chi connectivity index (χ3v) is 4.08. The zero-order valence-corrected chi connectivity index (χ0v) is 15.7. The average Bonchev–Trinajstić information content (AvgIpc) is 2.63. The molecule has 0 aliphatic carbocycles. The van der Waals surface area contributed by atoms with Crippen molar-refractivity contribution in [1.82, 2.24) is 5.32 Å². The molecule has 0 fully saturated rings. The maximum atomic E-state index is 12.8. The van der Waals surface area contributed by atoms with Crippen LogP contribution >= 0.6 is 0 Å². The van der Waals surface area contributed by atoms with Crippen LogP contribution in [0.4, 0.5) is 5.69 Å². The highest BCUT2D eigenvalue weighted by Gasteiger charge is 2.19. The van der Waals surface area contributed by atoms with Crippen molar-refractivity contribution in [2.75, 3.05) is 11.9 Å². The first-order valence-corrected chi connectivity index (χ1v) is 8.82. The predicted octanol–water partition coefficient (Wildman–Crippen LogP) is 3.85. The van der Waals surface area contributed by atoms with Gasteiger partial charge in [0.15, 0.2) is 0 Å². The van der Waals surface area contributed by atoms with Crippen LogP contribution in [-0.4, -0.2) is 24.5 Å². The van der Waals surface area contributed by atoms with E-state index in [1.807, 2.05) is 62.4 Å². The molecule has 5 nitrogen and oxygen atoms in total. The fourth-order valence-electron chi connectivity index (χ4n) is 2.63. The molecule has 0 spiro atoms. The Kier molecular flexibility index (Phi) is 6.78. The number of carbonyl (C=O) groups excluding carboxylic acids is 2. The van der Waals surface area contributed by atoms with E-state index in [2.05, 4.69) is 10.6 Å². The molecule has 0 saturated carbocycles. The first-order valence-electron chi connectivity index (χ1n) is 8.82. The van der Waals surface area contributed by atoms with Gasteiger partial charge in [-0.3, -0.25) is 4.79 Å². The van der Waals surface area contributed by atoms with E-state index in [0.717, 1.165) is 11.1 Å². The van der Waals surface area contributed by atoms with Crippen LogP contribution in [0.5, 0.6) is 0 Å². The van der Waals surface area contributed by atoms with E-state index < -0.39 is 6.04 Å². The number of anilines is 1. The smallest absolute Gasteiger partial charge is 0.328 e. The lowest BCUT2D eigenvalue weighted by molar-refractivity contribution is -0.143. The van der Waals surface area contributed by atoms with E-state index in [1.165, 1.54) is 0 Å². The number of hydrogen-bond donors (Lipinski definition) is 2. The van der Waals surface area contributed by atoms with Crippen LogP contribution in [0.3, 0.4) is 0 Å². The molecule has 0 aliphatic rings. The molecular weight excluding hydrogens is 328 g/mol. The summed E-state index contributed by atoms with van der Waals surface area (Å²) in [5.41, 5.74) is 3.11. The number of nitrogens with one attached hydrogen (secondary N) is 2. The van der Waals surface area contributed by atoms with Crippen molar-refractivity contribution in [1.29, 1.82) is 0 Å². The number of benzene rings is 2. The van der Waals surface area contributed by atoms with E-state index >= 15 is 0 Å². The van der Waals surface area contributed by atoms with E-state index in [-0.39, 0.29) is 17.9 Å². The Hall–Kier alpha value is -2.82. The van der Waals surface area contributed by atoms with Crippen molar-refractivity contribution < 1.29 is 14.3 Å². The van der Waals surface area contributed by atoms with Gasteiger partial charge in [0.1, 0.15) is 6.04 Å². The highest BCUT2D eigenvalue weighted by atomic mass is 16.5. The maximum absolute atomic E-state index is 12.8. The van der Waals surface area contributed by atoms with E-state index in [4.69, 9.17) is 4.74 Å². The lowest BCUT2D eigenvalue weighted by Gasteiger charge is -2.19. The van der Waals surface area contributed by atoms with Crippen molar-refractivity contribution in [3.63, 3.8) is 0 Å². The van der Waals surface area contributed by atoms with E-state index in [1.54, 1.807) is 13.8 Å². The molecule has 0 radical (unpaired) electrons. The van der Waals surface area contributed by atoms with Gasteiger partial charge in [-0.25, -0.2) is 4.79 Å². The van der Waals surface area contributed by atoms with Gasteiger partial charge < -0.3 is 15.4 Å². The summed E-state index contributed by atoms with van der Waals surface area (Å²) in [6.07, 6.45) is 0. The number of amides is 1. The first-order chi connectivity index (χ1) is 12.4. The van der Waals surface area contributed by atoms with Gasteiger partial charge in [-0.15, -0.1) is 0 Å². The van der Waals surface area contributed by atoms with Crippen LogP contribution in [0.2, 0.25) is 0 Å². The Bertz CT molecular complexity index is 759. The molecule has 2 aromatic carbocycles. The lowest BCUT2D eigenvalue weighted by Crippen LogP contribution is -2.31. The molecule has 1 amide bonds. The minimum Gasteiger partial charge on any atom is -0.464 e. The Morgan fingerprint density at radius 1 is 1.08 bits per heavy atom. The van der Waals surface area contributed by atoms with Gasteiger partial charge in [0, 0.05) is 5.69 Å². The molecule has 138 valence electrons. The second kappa shape index (κ2) is 9.04. The summed E-state index contributed by atoms with van der Waals surface area (Å²) in [5, 5.41) is 6.09. The Morgan fingerprint density at radius 2 is 1.77 bits per heavy atom. The molecule has 0 saturated heterocycles. The highest BCUT2D eigenvalue weighted by molar-refractivity contribution is 6.00. The third kappa shape index (κ3) is 5.09. The summed E-state index contributed by atoms with van der Waals surface area (Å²) in [6, 6.07) is 14.6. The molecule has 2 N–H and O–H groups in total. The molecule has 5 heteroatoms. The number of aryl methyl sites for hydroxylation is 1. The second-order valence-corrected chi connectivity index (χ2v) is 6.27. The SMILES string of the molecule is CCOC(=O)[C@@H](C)Nc1ccc(C)cc1C(=O)N[C@H](C)c1ccccc1. The average molecular weight is 354 g/mol. The number of ether oxygens (including phenoxy) is 1. The lowest BCUT2D eigenvalue weighted by atomic mass is 10.1. The summed E-state index contributed by atoms with van der Waals surface area (Å²) in [6.45, 7) is 7.67. The molecule has 0 aliphatic heterocycles. The number of rotatable bonds is 7. The van der Waals surface area contributed by atoms with Crippen LogP contribution in [0.15, 0.2) is 48.5 Å². The second-order valence-electron chi connectivity index (χ2n) is 6.27. The fourth-order valence-corrected chi connectivity index (χ4v) is 2.63. The molecule has 0 unspecified atom stereocenters. The van der Waals surface area contributed by atoms with E-state index in [0.29, 0.717) is 17.9 Å². The largest absolute Gasteiger partial charge is 0.464 e. The Balaban J connectivity index is 2.18. The zero-order chi connectivity index (χ0) is 19.1. The number of esters is 1. The minimum atomic E-state index is -0.546. The monoisotopic (exact) mass is 354 g/mol. The van der Waals surface area contributed by atoms with Crippen molar-refractivity contribution in [2.45, 2.75) is 39.8 Å². The Morgan fingerprint density at radius 3 is 2.42 bits per heavy atom. The molecule has 2 aromatic rings. The topological polar surface area (TPSA) is 67.4 Å². The number of carbonyl (C=O) groups is 2. The maximum Gasteiger partial charge on any atom is 0.328 e. The first kappa shape index (κ1) is 19.5. The highest BCUT2D eigenvalue weighted by Crippen LogP contribution is 2.20. The van der Waals surface area contributed by atoms with Crippen LogP contribution in [0.1, 0.15) is 48.3 Å². The van der Waals surface area contributed by atoms with Crippen LogP contribution in [-0.2, 0) is 9.53 Å². The summed E-state index contributed by atoms with van der Waals surface area (Å²) in [5.74, 6) is -0.541. The van der Waals surface area contributed by atoms with Gasteiger partial charge in [0.05, 0.1) is 18.2 Å². The minimum absolute atomic E-state index is 0.125. The Labute approximate surface area is 154 Å². The molecular formula is C21H26N2O3. The van der Waals surface area contributed by atoms with E-state index in [9.17, 15) is 9.59 Å². The molecule has 2 rings (SSSR count). The summed E-state index contributed by atoms with van der Waals surface area (Å²) in [4.78, 5) is 24.7. The van der Waals surface area contributed by atoms with Crippen molar-refractivity contribution in [3.8, 4) is 0 Å². The van der Waals surface area contributed by atoms with Crippen LogP contribution < -0.4 is 10.6 Å². The summed E-state index contributed by atoms with van der Waals surface area (Å²) < 4.78 is 5.02. The zero-order valence-electron chi connectivity index (χ0n) is 15.7. The van der Waals surface area contributed by atoms with Crippen molar-refractivity contribution >= 4 is 17.6 Å². The quantitative estimate of drug-likeness (QED) is 0.741. The molecule has 0 bridgehead atoms. The van der Waals surface area contributed by atoms with Gasteiger partial charge in [-0.05, 0) is 45.4 Å². The predicted molar refractivity (Wildman–Crippen MR) is 103 cm³/mol. The van der Waals surface area contributed by atoms with Crippen molar-refractivity contribution in [3.05, 3.63) is 65.2 Å². The molecule has 0 heterocycles. The molecule has 0 aromatic heterocycles. The van der Waals surface area contributed by atoms with Crippen LogP contribution in [0.25, 0.3) is 0 Å². The molecule has 26 heavy (non-hydrogen) atoms. The van der Waals surface area contributed by atoms with Gasteiger partial charge >= 0.3 is 5.97 Å². The van der Waals surface area contributed by atoms with Gasteiger partial charge in [0.2, 0.25) is 0 Å². The van der Waals surface area contributed by atoms with Crippen molar-refractivity contribution in [2.24, 2.45) is 0 Å². The number of hydrogen-bond acceptors (Lipinski definition) is 4. The normalized spacial score (nSPS) is 12.8. The fraction of sp³-hybridized carbons (Fsp3) is 0.333. The standard InChI is InChI=1S/C21H26N2O3/c1-5-26-21(25)16(4)22-19-12-11-14(2)13-18(19)20(24)23-15(3)17-9-7-6-8-10-17/h6-13,15-16,22H,5H2,1-4H3,(H,23,24)/t15-,16-/m1/s1. The van der Waals surface area contributed by atoms with Gasteiger partial charge in [0.25, 0.3) is 5.91 Å². The van der Waals surface area contributed by atoms with Gasteiger partial charge in [-0.1, -0.05) is 42.0 Å². The third-order valence-electron chi connectivity index (χ3n) is 4.08.